The Morgan fingerprint density at radius 2 is 1.79 bits per heavy atom. The van der Waals surface area contributed by atoms with Crippen molar-refractivity contribution in [1.29, 1.82) is 0 Å². The first-order chi connectivity index (χ1) is 11.6. The van der Waals surface area contributed by atoms with E-state index in [0.29, 0.717) is 10.7 Å². The topological polar surface area (TPSA) is 54.0 Å². The van der Waals surface area contributed by atoms with Crippen LogP contribution in [-0.2, 0) is 0 Å². The number of anilines is 3. The Kier molecular flexibility index (Phi) is 4.77. The molecule has 0 fully saturated rings. The SMILES string of the molecule is Cc1cc(Cl)ccc1NC(=O)c1ccc(Nc2ccccc2)cn1. The predicted molar refractivity (Wildman–Crippen MR) is 98.1 cm³/mol. The Morgan fingerprint density at radius 1 is 1.00 bits per heavy atom. The van der Waals surface area contributed by atoms with Gasteiger partial charge in [0.15, 0.2) is 0 Å². The predicted octanol–water partition coefficient (Wildman–Crippen LogP) is 5.04. The van der Waals surface area contributed by atoms with Gasteiger partial charge in [-0.2, -0.15) is 0 Å². The van der Waals surface area contributed by atoms with Gasteiger partial charge in [-0.1, -0.05) is 29.8 Å². The Hall–Kier alpha value is -2.85. The summed E-state index contributed by atoms with van der Waals surface area (Å²) in [6.07, 6.45) is 1.64. The second-order valence-corrected chi connectivity index (χ2v) is 5.77. The number of para-hydroxylation sites is 1. The molecule has 0 aliphatic carbocycles. The van der Waals surface area contributed by atoms with E-state index in [2.05, 4.69) is 15.6 Å². The maximum Gasteiger partial charge on any atom is 0.274 e. The van der Waals surface area contributed by atoms with E-state index in [1.807, 2.05) is 43.3 Å². The number of nitrogens with one attached hydrogen (secondary N) is 2. The molecule has 5 heteroatoms. The second kappa shape index (κ2) is 7.15. The highest BCUT2D eigenvalue weighted by atomic mass is 35.5. The summed E-state index contributed by atoms with van der Waals surface area (Å²) >= 11 is 5.92. The molecular formula is C19H16ClN3O. The van der Waals surface area contributed by atoms with Crippen molar-refractivity contribution in [3.8, 4) is 0 Å². The van der Waals surface area contributed by atoms with Crippen molar-refractivity contribution in [1.82, 2.24) is 4.98 Å². The first kappa shape index (κ1) is 16.0. The number of halogens is 1. The van der Waals surface area contributed by atoms with Gasteiger partial charge in [0.25, 0.3) is 5.91 Å². The number of aryl methyl sites for hydroxylation is 1. The molecular weight excluding hydrogens is 322 g/mol. The highest BCUT2D eigenvalue weighted by Gasteiger charge is 2.09. The first-order valence-electron chi connectivity index (χ1n) is 7.47. The zero-order valence-corrected chi connectivity index (χ0v) is 13.8. The van der Waals surface area contributed by atoms with Crippen LogP contribution in [0.3, 0.4) is 0 Å². The van der Waals surface area contributed by atoms with Crippen LogP contribution in [0.15, 0.2) is 66.9 Å². The van der Waals surface area contributed by atoms with Crippen LogP contribution in [-0.4, -0.2) is 10.9 Å². The third-order valence-electron chi connectivity index (χ3n) is 3.50. The van der Waals surface area contributed by atoms with Crippen molar-refractivity contribution in [3.05, 3.63) is 83.1 Å². The maximum atomic E-state index is 12.3. The fraction of sp³-hybridized carbons (Fsp3) is 0.0526. The molecule has 0 radical (unpaired) electrons. The van der Waals surface area contributed by atoms with E-state index in [-0.39, 0.29) is 5.91 Å². The molecule has 0 aliphatic heterocycles. The summed E-state index contributed by atoms with van der Waals surface area (Å²) in [4.78, 5) is 16.5. The third kappa shape index (κ3) is 3.91. The minimum absolute atomic E-state index is 0.258. The lowest BCUT2D eigenvalue weighted by molar-refractivity contribution is 0.102. The Bertz CT molecular complexity index is 848. The number of carbonyl (C=O) groups is 1. The maximum absolute atomic E-state index is 12.3. The summed E-state index contributed by atoms with van der Waals surface area (Å²) in [5, 5.41) is 6.71. The van der Waals surface area contributed by atoms with E-state index >= 15 is 0 Å². The molecule has 0 saturated heterocycles. The Balaban J connectivity index is 1.69. The standard InChI is InChI=1S/C19H16ClN3O/c1-13-11-14(20)7-9-17(13)23-19(24)18-10-8-16(12-21-18)22-15-5-3-2-4-6-15/h2-12,22H,1H3,(H,23,24). The van der Waals surface area contributed by atoms with E-state index in [1.165, 1.54) is 0 Å². The van der Waals surface area contributed by atoms with E-state index in [1.54, 1.807) is 30.5 Å². The van der Waals surface area contributed by atoms with Gasteiger partial charge in [-0.15, -0.1) is 0 Å². The van der Waals surface area contributed by atoms with Crippen molar-refractivity contribution >= 4 is 34.6 Å². The van der Waals surface area contributed by atoms with Crippen LogP contribution in [0.4, 0.5) is 17.1 Å². The van der Waals surface area contributed by atoms with Crippen molar-refractivity contribution in [3.63, 3.8) is 0 Å². The molecule has 0 saturated carbocycles. The highest BCUT2D eigenvalue weighted by molar-refractivity contribution is 6.30. The van der Waals surface area contributed by atoms with Crippen molar-refractivity contribution in [2.24, 2.45) is 0 Å². The minimum atomic E-state index is -0.258. The molecule has 24 heavy (non-hydrogen) atoms. The summed E-state index contributed by atoms with van der Waals surface area (Å²) in [5.41, 5.74) is 3.76. The smallest absolute Gasteiger partial charge is 0.274 e. The molecule has 1 aromatic heterocycles. The summed E-state index contributed by atoms with van der Waals surface area (Å²) < 4.78 is 0. The monoisotopic (exact) mass is 337 g/mol. The molecule has 0 atom stereocenters. The fourth-order valence-corrected chi connectivity index (χ4v) is 2.47. The molecule has 4 nitrogen and oxygen atoms in total. The number of amides is 1. The van der Waals surface area contributed by atoms with Crippen LogP contribution in [0.25, 0.3) is 0 Å². The fourth-order valence-electron chi connectivity index (χ4n) is 2.24. The average molecular weight is 338 g/mol. The molecule has 2 aromatic carbocycles. The average Bonchev–Trinajstić information content (AvgIpc) is 2.59. The van der Waals surface area contributed by atoms with Crippen molar-refractivity contribution < 1.29 is 4.79 Å². The number of aromatic nitrogens is 1. The molecule has 2 N–H and O–H groups in total. The zero-order valence-electron chi connectivity index (χ0n) is 13.1. The van der Waals surface area contributed by atoms with E-state index in [4.69, 9.17) is 11.6 Å². The van der Waals surface area contributed by atoms with Gasteiger partial charge in [0.1, 0.15) is 5.69 Å². The van der Waals surface area contributed by atoms with Gasteiger partial charge in [-0.3, -0.25) is 4.79 Å². The summed E-state index contributed by atoms with van der Waals surface area (Å²) in [7, 11) is 0. The number of rotatable bonds is 4. The largest absolute Gasteiger partial charge is 0.354 e. The lowest BCUT2D eigenvalue weighted by Crippen LogP contribution is -2.14. The Morgan fingerprint density at radius 3 is 2.46 bits per heavy atom. The molecule has 1 amide bonds. The van der Waals surface area contributed by atoms with E-state index in [0.717, 1.165) is 22.6 Å². The van der Waals surface area contributed by atoms with Crippen LogP contribution in [0.2, 0.25) is 5.02 Å². The number of hydrogen-bond donors (Lipinski definition) is 2. The number of benzene rings is 2. The lowest BCUT2D eigenvalue weighted by atomic mass is 10.2. The van der Waals surface area contributed by atoms with Crippen LogP contribution in [0.1, 0.15) is 16.1 Å². The quantitative estimate of drug-likeness (QED) is 0.701. The van der Waals surface area contributed by atoms with Gasteiger partial charge < -0.3 is 10.6 Å². The summed E-state index contributed by atoms with van der Waals surface area (Å²) in [6.45, 7) is 1.89. The Labute approximate surface area is 145 Å². The molecule has 0 spiro atoms. The molecule has 0 unspecified atom stereocenters. The number of pyridine rings is 1. The van der Waals surface area contributed by atoms with Gasteiger partial charge in [0.2, 0.25) is 0 Å². The van der Waals surface area contributed by atoms with E-state index in [9.17, 15) is 4.79 Å². The number of nitrogens with zero attached hydrogens (tertiary/aromatic N) is 1. The normalized spacial score (nSPS) is 10.2. The number of hydrogen-bond acceptors (Lipinski definition) is 3. The highest BCUT2D eigenvalue weighted by Crippen LogP contribution is 2.20. The van der Waals surface area contributed by atoms with Gasteiger partial charge in [0.05, 0.1) is 11.9 Å². The van der Waals surface area contributed by atoms with Crippen LogP contribution < -0.4 is 10.6 Å². The third-order valence-corrected chi connectivity index (χ3v) is 3.73. The summed E-state index contributed by atoms with van der Waals surface area (Å²) in [5.74, 6) is -0.258. The lowest BCUT2D eigenvalue weighted by Gasteiger charge is -2.09. The zero-order chi connectivity index (χ0) is 16.9. The minimum Gasteiger partial charge on any atom is -0.354 e. The first-order valence-corrected chi connectivity index (χ1v) is 7.85. The second-order valence-electron chi connectivity index (χ2n) is 5.34. The molecule has 0 aliphatic rings. The molecule has 3 aromatic rings. The van der Waals surface area contributed by atoms with Gasteiger partial charge >= 0.3 is 0 Å². The van der Waals surface area contributed by atoms with Crippen LogP contribution in [0, 0.1) is 6.92 Å². The molecule has 0 bridgehead atoms. The summed E-state index contributed by atoms with van der Waals surface area (Å²) in [6, 6.07) is 18.6. The van der Waals surface area contributed by atoms with Crippen LogP contribution >= 0.6 is 11.6 Å². The van der Waals surface area contributed by atoms with E-state index < -0.39 is 0 Å². The van der Waals surface area contributed by atoms with Crippen molar-refractivity contribution in [2.75, 3.05) is 10.6 Å². The molecule has 3 rings (SSSR count). The number of carbonyl (C=O) groups excluding carboxylic acids is 1. The van der Waals surface area contributed by atoms with Crippen molar-refractivity contribution in [2.45, 2.75) is 6.92 Å². The van der Waals surface area contributed by atoms with Gasteiger partial charge in [-0.05, 0) is 55.0 Å². The molecule has 120 valence electrons. The van der Waals surface area contributed by atoms with Gasteiger partial charge in [0, 0.05) is 16.4 Å². The van der Waals surface area contributed by atoms with Crippen LogP contribution in [0.5, 0.6) is 0 Å². The van der Waals surface area contributed by atoms with Gasteiger partial charge in [-0.25, -0.2) is 4.98 Å². The molecule has 1 heterocycles.